The number of ether oxygens (including phenoxy) is 2. The maximum Gasteiger partial charge on any atom is 0.173 e. The van der Waals surface area contributed by atoms with Crippen molar-refractivity contribution in [2.45, 2.75) is 50.4 Å². The van der Waals surface area contributed by atoms with Gasteiger partial charge in [0.15, 0.2) is 11.6 Å². The van der Waals surface area contributed by atoms with Crippen molar-refractivity contribution in [3.05, 3.63) is 59.0 Å². The summed E-state index contributed by atoms with van der Waals surface area (Å²) in [5, 5.41) is 4.19. The van der Waals surface area contributed by atoms with Gasteiger partial charge in [0.05, 0.1) is 25.4 Å². The van der Waals surface area contributed by atoms with E-state index in [1.807, 2.05) is 18.2 Å². The van der Waals surface area contributed by atoms with Crippen LogP contribution in [-0.4, -0.2) is 61.6 Å². The Morgan fingerprint density at radius 3 is 2.67 bits per heavy atom. The molecule has 194 valence electrons. The summed E-state index contributed by atoms with van der Waals surface area (Å²) in [5.74, 6) is 0.0177. The number of halogens is 3. The van der Waals surface area contributed by atoms with Crippen molar-refractivity contribution in [3.8, 4) is 11.5 Å². The Hall–Kier alpha value is -2.71. The lowest BCUT2D eigenvalue weighted by Gasteiger charge is -2.42. The molecule has 8 heteroatoms. The molecule has 1 aliphatic heterocycles. The molecule has 36 heavy (non-hydrogen) atoms. The van der Waals surface area contributed by atoms with E-state index in [4.69, 9.17) is 9.47 Å². The van der Waals surface area contributed by atoms with E-state index in [-0.39, 0.29) is 31.6 Å². The van der Waals surface area contributed by atoms with Crippen LogP contribution in [-0.2, 0) is 6.42 Å². The van der Waals surface area contributed by atoms with Crippen LogP contribution in [0.2, 0.25) is 0 Å². The molecule has 1 aromatic heterocycles. The molecule has 2 aromatic carbocycles. The third kappa shape index (κ3) is 4.81. The maximum atomic E-state index is 16.2. The van der Waals surface area contributed by atoms with Crippen molar-refractivity contribution in [1.29, 1.82) is 0 Å². The molecule has 0 bridgehead atoms. The Labute approximate surface area is 210 Å². The highest BCUT2D eigenvalue weighted by atomic mass is 19.1. The van der Waals surface area contributed by atoms with Gasteiger partial charge in [0.25, 0.3) is 0 Å². The van der Waals surface area contributed by atoms with E-state index in [0.717, 1.165) is 28.6 Å². The number of nitrogens with one attached hydrogen (secondary N) is 2. The number of hydrogen-bond donors (Lipinski definition) is 2. The average Bonchev–Trinajstić information content (AvgIpc) is 3.50. The molecule has 1 unspecified atom stereocenters. The molecule has 1 aliphatic carbocycles. The Morgan fingerprint density at radius 1 is 1.14 bits per heavy atom. The summed E-state index contributed by atoms with van der Waals surface area (Å²) in [6.07, 6.45) is 2.23. The van der Waals surface area contributed by atoms with Crippen molar-refractivity contribution in [2.75, 3.05) is 40.0 Å². The van der Waals surface area contributed by atoms with Crippen molar-refractivity contribution < 1.29 is 22.6 Å². The first-order valence-corrected chi connectivity index (χ1v) is 12.8. The van der Waals surface area contributed by atoms with Crippen LogP contribution in [0.3, 0.4) is 0 Å². The van der Waals surface area contributed by atoms with Crippen molar-refractivity contribution >= 4 is 10.9 Å². The van der Waals surface area contributed by atoms with Gasteiger partial charge in [-0.05, 0) is 62.9 Å². The van der Waals surface area contributed by atoms with E-state index in [0.29, 0.717) is 43.7 Å². The Morgan fingerprint density at radius 2 is 1.92 bits per heavy atom. The highest BCUT2D eigenvalue weighted by Crippen LogP contribution is 2.49. The number of aromatic nitrogens is 1. The summed E-state index contributed by atoms with van der Waals surface area (Å²) >= 11 is 0. The number of rotatable bonds is 11. The second kappa shape index (κ2) is 10.3. The Balaban J connectivity index is 1.55. The summed E-state index contributed by atoms with van der Waals surface area (Å²) in [6, 6.07) is 10.8. The molecule has 1 fully saturated rings. The van der Waals surface area contributed by atoms with Crippen molar-refractivity contribution in [3.63, 3.8) is 0 Å². The minimum absolute atomic E-state index is 0.00307. The lowest BCUT2D eigenvalue weighted by Crippen LogP contribution is -2.46. The second-order valence-electron chi connectivity index (χ2n) is 9.98. The quantitative estimate of drug-likeness (QED) is 0.342. The van der Waals surface area contributed by atoms with Gasteiger partial charge >= 0.3 is 0 Å². The van der Waals surface area contributed by atoms with E-state index in [9.17, 15) is 4.39 Å². The third-order valence-electron chi connectivity index (χ3n) is 7.40. The van der Waals surface area contributed by atoms with Crippen LogP contribution in [0.15, 0.2) is 36.4 Å². The molecule has 2 N–H and O–H groups in total. The number of methoxy groups -OCH3 is 1. The van der Waals surface area contributed by atoms with Crippen molar-refractivity contribution in [2.24, 2.45) is 0 Å². The fourth-order valence-electron chi connectivity index (χ4n) is 5.33. The van der Waals surface area contributed by atoms with E-state index in [2.05, 4.69) is 28.2 Å². The number of alkyl halides is 2. The molecule has 1 saturated carbocycles. The number of fused-ring (bicyclic) bond motifs is 3. The van der Waals surface area contributed by atoms with Crippen LogP contribution in [0.5, 0.6) is 11.5 Å². The number of hydrogen-bond acceptors (Lipinski definition) is 4. The molecule has 0 amide bonds. The molecule has 3 aromatic rings. The first kappa shape index (κ1) is 25.0. The minimum Gasteiger partial charge on any atom is -0.496 e. The zero-order valence-corrected chi connectivity index (χ0v) is 20.9. The maximum absolute atomic E-state index is 16.2. The molecule has 2 heterocycles. The number of para-hydroxylation sites is 1. The lowest BCUT2D eigenvalue weighted by atomic mass is 9.87. The van der Waals surface area contributed by atoms with Gasteiger partial charge < -0.3 is 19.8 Å². The normalized spacial score (nSPS) is 20.9. The van der Waals surface area contributed by atoms with Crippen LogP contribution < -0.4 is 14.8 Å². The molecular formula is C28H34F3N3O2. The third-order valence-corrected chi connectivity index (χ3v) is 7.40. The van der Waals surface area contributed by atoms with Gasteiger partial charge in [-0.15, -0.1) is 0 Å². The summed E-state index contributed by atoms with van der Waals surface area (Å²) in [6.45, 7) is 3.20. The minimum atomic E-state index is -1.24. The number of H-pyrrole nitrogens is 1. The molecule has 2 aliphatic rings. The zero-order chi connectivity index (χ0) is 25.3. The first-order valence-electron chi connectivity index (χ1n) is 12.8. The highest BCUT2D eigenvalue weighted by Gasteiger charge is 2.49. The fourth-order valence-corrected chi connectivity index (χ4v) is 5.33. The topological polar surface area (TPSA) is 49.5 Å². The SMILES string of the molecule is COc1ccc(OCCNCCCF)c(F)c1C1c2[nH]c3ccccc3c2C[C@@H](C)N1CC1(F)CC1. The standard InChI is InChI=1S/C28H34F3N3O2/c1-18-16-20-19-6-3-4-7-21(19)33-26(20)27(34(18)17-28(31)10-11-28)24-22(35-2)8-9-23(25(24)30)36-15-14-32-13-5-12-29/h3-4,6-9,18,27,32-33H,5,10-17H2,1-2H3/t18-,27?/m1/s1. The predicted octanol–water partition coefficient (Wildman–Crippen LogP) is 5.48. The van der Waals surface area contributed by atoms with Gasteiger partial charge in [0, 0.05) is 35.7 Å². The van der Waals surface area contributed by atoms with E-state index < -0.39 is 17.5 Å². The van der Waals surface area contributed by atoms with Crippen LogP contribution in [0.4, 0.5) is 13.2 Å². The molecule has 0 spiro atoms. The highest BCUT2D eigenvalue weighted by molar-refractivity contribution is 5.85. The Kier molecular flexibility index (Phi) is 7.17. The molecule has 0 radical (unpaired) electrons. The monoisotopic (exact) mass is 501 g/mol. The molecule has 5 nitrogen and oxygen atoms in total. The fraction of sp³-hybridized carbons (Fsp3) is 0.500. The summed E-state index contributed by atoms with van der Waals surface area (Å²) in [7, 11) is 1.52. The predicted molar refractivity (Wildman–Crippen MR) is 135 cm³/mol. The average molecular weight is 502 g/mol. The van der Waals surface area contributed by atoms with E-state index >= 15 is 8.78 Å². The molecule has 0 saturated heterocycles. The summed E-state index contributed by atoms with van der Waals surface area (Å²) in [5.41, 5.74) is 2.10. The Bertz CT molecular complexity index is 1210. The van der Waals surface area contributed by atoms with Gasteiger partial charge in [-0.2, -0.15) is 0 Å². The molecular weight excluding hydrogens is 467 g/mol. The van der Waals surface area contributed by atoms with Gasteiger partial charge in [-0.1, -0.05) is 18.2 Å². The van der Waals surface area contributed by atoms with Crippen LogP contribution in [0.1, 0.15) is 49.0 Å². The number of nitrogens with zero attached hydrogens (tertiary/aromatic N) is 1. The zero-order valence-electron chi connectivity index (χ0n) is 20.9. The number of aromatic amines is 1. The second-order valence-corrected chi connectivity index (χ2v) is 9.98. The van der Waals surface area contributed by atoms with Gasteiger partial charge in [-0.25, -0.2) is 8.78 Å². The van der Waals surface area contributed by atoms with Gasteiger partial charge in [0.2, 0.25) is 0 Å². The van der Waals surface area contributed by atoms with Crippen molar-refractivity contribution in [1.82, 2.24) is 15.2 Å². The largest absolute Gasteiger partial charge is 0.496 e. The van der Waals surface area contributed by atoms with Gasteiger partial charge in [-0.3, -0.25) is 9.29 Å². The summed E-state index contributed by atoms with van der Waals surface area (Å²) < 4.78 is 55.1. The molecule has 5 rings (SSSR count). The van der Waals surface area contributed by atoms with Crippen LogP contribution >= 0.6 is 0 Å². The van der Waals surface area contributed by atoms with E-state index in [1.54, 1.807) is 12.1 Å². The van der Waals surface area contributed by atoms with Crippen LogP contribution in [0.25, 0.3) is 10.9 Å². The smallest absolute Gasteiger partial charge is 0.173 e. The van der Waals surface area contributed by atoms with Gasteiger partial charge in [0.1, 0.15) is 18.0 Å². The lowest BCUT2D eigenvalue weighted by molar-refractivity contribution is 0.0936. The number of benzene rings is 2. The van der Waals surface area contributed by atoms with E-state index in [1.165, 1.54) is 7.11 Å². The van der Waals surface area contributed by atoms with Crippen LogP contribution in [0, 0.1) is 5.82 Å². The first-order chi connectivity index (χ1) is 17.5. The summed E-state index contributed by atoms with van der Waals surface area (Å²) in [4.78, 5) is 5.60. The molecule has 2 atom stereocenters.